The molecule has 106 valence electrons. The van der Waals surface area contributed by atoms with Crippen LogP contribution in [0.4, 0.5) is 0 Å². The van der Waals surface area contributed by atoms with Gasteiger partial charge in [-0.1, -0.05) is 6.07 Å². The molecule has 2 rings (SSSR count). The third-order valence-corrected chi connectivity index (χ3v) is 4.86. The van der Waals surface area contributed by atoms with Crippen LogP contribution >= 0.6 is 22.7 Å². The van der Waals surface area contributed by atoms with Crippen molar-refractivity contribution in [2.45, 2.75) is 19.4 Å². The maximum absolute atomic E-state index is 12.3. The molecule has 0 radical (unpaired) electrons. The molecule has 6 heteroatoms. The van der Waals surface area contributed by atoms with Gasteiger partial charge in [-0.3, -0.25) is 9.59 Å². The van der Waals surface area contributed by atoms with E-state index in [1.807, 2.05) is 35.9 Å². The molecule has 2 aromatic rings. The first-order chi connectivity index (χ1) is 9.61. The van der Waals surface area contributed by atoms with E-state index in [0.29, 0.717) is 4.88 Å². The smallest absolute Gasteiger partial charge is 0.307 e. The predicted molar refractivity (Wildman–Crippen MR) is 80.2 cm³/mol. The quantitative estimate of drug-likeness (QED) is 0.863. The lowest BCUT2D eigenvalue weighted by Crippen LogP contribution is -2.29. The summed E-state index contributed by atoms with van der Waals surface area (Å²) < 4.78 is 4.69. The van der Waals surface area contributed by atoms with Crippen LogP contribution in [0.1, 0.15) is 32.6 Å². The van der Waals surface area contributed by atoms with E-state index in [9.17, 15) is 9.59 Å². The Morgan fingerprint density at radius 3 is 2.65 bits per heavy atom. The Bertz CT molecular complexity index is 589. The van der Waals surface area contributed by atoms with Gasteiger partial charge in [0.15, 0.2) is 0 Å². The lowest BCUT2D eigenvalue weighted by molar-refractivity contribution is -0.141. The van der Waals surface area contributed by atoms with Crippen LogP contribution in [-0.2, 0) is 9.53 Å². The summed E-state index contributed by atoms with van der Waals surface area (Å²) in [6.07, 6.45) is 0.132. The first kappa shape index (κ1) is 14.7. The largest absolute Gasteiger partial charge is 0.469 e. The van der Waals surface area contributed by atoms with Crippen LogP contribution < -0.4 is 5.32 Å². The summed E-state index contributed by atoms with van der Waals surface area (Å²) in [5, 5.41) is 6.71. The minimum atomic E-state index is -0.351. The van der Waals surface area contributed by atoms with Gasteiger partial charge in [-0.05, 0) is 35.4 Å². The summed E-state index contributed by atoms with van der Waals surface area (Å²) >= 11 is 2.90. The van der Waals surface area contributed by atoms with Gasteiger partial charge in [0.25, 0.3) is 5.91 Å². The minimum absolute atomic E-state index is 0.132. The van der Waals surface area contributed by atoms with Crippen molar-refractivity contribution in [2.24, 2.45) is 0 Å². The van der Waals surface area contributed by atoms with Crippen LogP contribution in [0.25, 0.3) is 0 Å². The van der Waals surface area contributed by atoms with E-state index in [0.717, 1.165) is 10.4 Å². The molecular weight excluding hydrogens is 294 g/mol. The Labute approximate surface area is 125 Å². The van der Waals surface area contributed by atoms with E-state index in [1.54, 1.807) is 0 Å². The van der Waals surface area contributed by atoms with Gasteiger partial charge in [0.05, 0.1) is 24.4 Å². The van der Waals surface area contributed by atoms with E-state index < -0.39 is 0 Å². The van der Waals surface area contributed by atoms with E-state index >= 15 is 0 Å². The SMILES string of the molecule is COC(=O)C[C@H](NC(=O)c1sccc1C)c1cccs1. The standard InChI is InChI=1S/C14H15NO3S2/c1-9-5-7-20-13(9)14(17)15-10(8-12(16)18-2)11-4-3-6-19-11/h3-7,10H,8H2,1-2H3,(H,15,17)/t10-/m0/s1. The van der Waals surface area contributed by atoms with Crippen LogP contribution in [0.2, 0.25) is 0 Å². The highest BCUT2D eigenvalue weighted by Crippen LogP contribution is 2.24. The van der Waals surface area contributed by atoms with E-state index in [2.05, 4.69) is 5.32 Å². The number of rotatable bonds is 5. The molecule has 1 atom stereocenters. The second-order valence-corrected chi connectivity index (χ2v) is 6.15. The number of nitrogens with one attached hydrogen (secondary N) is 1. The zero-order valence-corrected chi connectivity index (χ0v) is 12.8. The first-order valence-electron chi connectivity index (χ1n) is 6.07. The number of hydrogen-bond donors (Lipinski definition) is 1. The molecule has 0 saturated heterocycles. The summed E-state index contributed by atoms with van der Waals surface area (Å²) in [5.41, 5.74) is 0.940. The maximum atomic E-state index is 12.3. The number of esters is 1. The molecule has 4 nitrogen and oxygen atoms in total. The molecule has 0 saturated carbocycles. The molecule has 0 spiro atoms. The number of amides is 1. The number of ether oxygens (including phenoxy) is 1. The zero-order chi connectivity index (χ0) is 14.5. The van der Waals surface area contributed by atoms with Crippen molar-refractivity contribution in [1.82, 2.24) is 5.32 Å². The highest BCUT2D eigenvalue weighted by Gasteiger charge is 2.21. The van der Waals surface area contributed by atoms with E-state index in [1.165, 1.54) is 29.8 Å². The fourth-order valence-electron chi connectivity index (χ4n) is 1.79. The monoisotopic (exact) mass is 309 g/mol. The lowest BCUT2D eigenvalue weighted by Gasteiger charge is -2.16. The molecule has 0 aliphatic rings. The van der Waals surface area contributed by atoms with Gasteiger partial charge in [-0.15, -0.1) is 22.7 Å². The third-order valence-electron chi connectivity index (χ3n) is 2.86. The van der Waals surface area contributed by atoms with Crippen molar-refractivity contribution < 1.29 is 14.3 Å². The number of aryl methyl sites for hydroxylation is 1. The Kier molecular flexibility index (Phi) is 4.92. The van der Waals surface area contributed by atoms with Crippen LogP contribution in [0.5, 0.6) is 0 Å². The molecule has 0 aliphatic heterocycles. The average Bonchev–Trinajstić information content (AvgIpc) is 3.08. The van der Waals surface area contributed by atoms with Gasteiger partial charge >= 0.3 is 5.97 Å². The van der Waals surface area contributed by atoms with E-state index in [-0.39, 0.29) is 24.3 Å². The summed E-state index contributed by atoms with van der Waals surface area (Å²) in [7, 11) is 1.35. The van der Waals surface area contributed by atoms with Crippen molar-refractivity contribution in [3.63, 3.8) is 0 Å². The van der Waals surface area contributed by atoms with Crippen molar-refractivity contribution in [1.29, 1.82) is 0 Å². The van der Waals surface area contributed by atoms with Crippen molar-refractivity contribution >= 4 is 34.6 Å². The maximum Gasteiger partial charge on any atom is 0.307 e. The highest BCUT2D eigenvalue weighted by atomic mass is 32.1. The molecule has 0 unspecified atom stereocenters. The third kappa shape index (κ3) is 3.46. The molecule has 0 aromatic carbocycles. The second-order valence-electron chi connectivity index (χ2n) is 4.25. The van der Waals surface area contributed by atoms with Crippen LogP contribution in [0.3, 0.4) is 0 Å². The second kappa shape index (κ2) is 6.67. The predicted octanol–water partition coefficient (Wildman–Crippen LogP) is 3.15. The Morgan fingerprint density at radius 1 is 1.30 bits per heavy atom. The van der Waals surface area contributed by atoms with E-state index in [4.69, 9.17) is 4.74 Å². The fourth-order valence-corrected chi connectivity index (χ4v) is 3.40. The van der Waals surface area contributed by atoms with Crippen molar-refractivity contribution in [3.05, 3.63) is 44.3 Å². The number of carbonyl (C=O) groups excluding carboxylic acids is 2. The Hall–Kier alpha value is -1.66. The van der Waals surface area contributed by atoms with Gasteiger partial charge in [0, 0.05) is 4.88 Å². The summed E-state index contributed by atoms with van der Waals surface area (Å²) in [5.74, 6) is -0.494. The number of carbonyl (C=O) groups is 2. The van der Waals surface area contributed by atoms with Gasteiger partial charge in [0.1, 0.15) is 0 Å². The summed E-state index contributed by atoms with van der Waals surface area (Å²) in [6, 6.07) is 5.35. The molecule has 1 N–H and O–H groups in total. The summed E-state index contributed by atoms with van der Waals surface area (Å²) in [6.45, 7) is 1.89. The topological polar surface area (TPSA) is 55.4 Å². The van der Waals surface area contributed by atoms with Gasteiger partial charge in [-0.2, -0.15) is 0 Å². The highest BCUT2D eigenvalue weighted by molar-refractivity contribution is 7.12. The van der Waals surface area contributed by atoms with Crippen LogP contribution in [0, 0.1) is 6.92 Å². The summed E-state index contributed by atoms with van der Waals surface area (Å²) in [4.78, 5) is 25.4. The molecule has 0 bridgehead atoms. The molecule has 1 amide bonds. The Balaban J connectivity index is 2.14. The minimum Gasteiger partial charge on any atom is -0.469 e. The molecule has 0 fully saturated rings. The average molecular weight is 309 g/mol. The van der Waals surface area contributed by atoms with Gasteiger partial charge in [-0.25, -0.2) is 0 Å². The lowest BCUT2D eigenvalue weighted by atomic mass is 10.1. The van der Waals surface area contributed by atoms with Crippen molar-refractivity contribution in [2.75, 3.05) is 7.11 Å². The first-order valence-corrected chi connectivity index (χ1v) is 7.83. The molecule has 2 heterocycles. The molecular formula is C14H15NO3S2. The molecule has 2 aromatic heterocycles. The normalized spacial score (nSPS) is 11.9. The van der Waals surface area contributed by atoms with Gasteiger partial charge < -0.3 is 10.1 Å². The van der Waals surface area contributed by atoms with Gasteiger partial charge in [0.2, 0.25) is 0 Å². The molecule has 20 heavy (non-hydrogen) atoms. The van der Waals surface area contributed by atoms with Crippen LogP contribution in [-0.4, -0.2) is 19.0 Å². The molecule has 0 aliphatic carbocycles. The number of methoxy groups -OCH3 is 1. The zero-order valence-electron chi connectivity index (χ0n) is 11.2. The van der Waals surface area contributed by atoms with Crippen LogP contribution in [0.15, 0.2) is 29.0 Å². The number of thiophene rings is 2. The Morgan fingerprint density at radius 2 is 2.10 bits per heavy atom. The fraction of sp³-hybridized carbons (Fsp3) is 0.286. The van der Waals surface area contributed by atoms with Crippen molar-refractivity contribution in [3.8, 4) is 0 Å². The number of hydrogen-bond acceptors (Lipinski definition) is 5.